The molecule has 0 bridgehead atoms. The molecule has 0 fully saturated rings. The van der Waals surface area contributed by atoms with Crippen LogP contribution in [0, 0.1) is 0 Å². The van der Waals surface area contributed by atoms with Crippen molar-refractivity contribution in [3.63, 3.8) is 0 Å². The summed E-state index contributed by atoms with van der Waals surface area (Å²) in [7, 11) is 0. The summed E-state index contributed by atoms with van der Waals surface area (Å²) in [4.78, 5) is 20.8. The SMILES string of the molecule is C=CC(=O)OC(=O)NC(F)C=C. The molecular weight excluding hydrogens is 165 g/mol. The molecule has 1 unspecified atom stereocenters. The van der Waals surface area contributed by atoms with Gasteiger partial charge in [-0.05, 0) is 6.08 Å². The molecule has 1 amide bonds. The van der Waals surface area contributed by atoms with Crippen molar-refractivity contribution in [2.75, 3.05) is 0 Å². The Kier molecular flexibility index (Phi) is 4.36. The Hall–Kier alpha value is -1.65. The highest BCUT2D eigenvalue weighted by molar-refractivity contribution is 5.91. The van der Waals surface area contributed by atoms with E-state index in [1.54, 1.807) is 5.32 Å². The van der Waals surface area contributed by atoms with E-state index in [1.807, 2.05) is 0 Å². The minimum absolute atomic E-state index is 0.792. The molecule has 4 nitrogen and oxygen atoms in total. The molecule has 1 atom stereocenters. The van der Waals surface area contributed by atoms with E-state index in [9.17, 15) is 14.0 Å². The average molecular weight is 173 g/mol. The first-order valence-corrected chi connectivity index (χ1v) is 3.01. The molecule has 1 N–H and O–H groups in total. The first-order chi connectivity index (χ1) is 5.60. The number of hydrogen-bond acceptors (Lipinski definition) is 3. The molecule has 0 aromatic heterocycles. The van der Waals surface area contributed by atoms with Gasteiger partial charge in [0.05, 0.1) is 0 Å². The molecule has 0 aromatic rings. The molecule has 0 radical (unpaired) electrons. The van der Waals surface area contributed by atoms with Crippen LogP contribution in [0.2, 0.25) is 0 Å². The van der Waals surface area contributed by atoms with Crippen LogP contribution in [0.4, 0.5) is 9.18 Å². The number of alkyl halides is 1. The minimum atomic E-state index is -1.73. The molecule has 0 rings (SSSR count). The van der Waals surface area contributed by atoms with Crippen molar-refractivity contribution in [2.45, 2.75) is 6.30 Å². The lowest BCUT2D eigenvalue weighted by atomic mass is 10.6. The van der Waals surface area contributed by atoms with Crippen LogP contribution in [0.3, 0.4) is 0 Å². The normalized spacial score (nSPS) is 11.1. The Balaban J connectivity index is 3.81. The summed E-state index contributed by atoms with van der Waals surface area (Å²) in [5, 5.41) is 1.68. The summed E-state index contributed by atoms with van der Waals surface area (Å²) in [6.45, 7) is 6.11. The van der Waals surface area contributed by atoms with Crippen LogP contribution < -0.4 is 5.32 Å². The van der Waals surface area contributed by atoms with Crippen molar-refractivity contribution in [3.05, 3.63) is 25.3 Å². The van der Waals surface area contributed by atoms with Crippen LogP contribution in [0.1, 0.15) is 0 Å². The highest BCUT2D eigenvalue weighted by atomic mass is 19.1. The van der Waals surface area contributed by atoms with Crippen LogP contribution >= 0.6 is 0 Å². The van der Waals surface area contributed by atoms with E-state index in [0.29, 0.717) is 0 Å². The second kappa shape index (κ2) is 5.06. The summed E-state index contributed by atoms with van der Waals surface area (Å²) >= 11 is 0. The van der Waals surface area contributed by atoms with E-state index in [4.69, 9.17) is 0 Å². The van der Waals surface area contributed by atoms with Crippen LogP contribution in [0.15, 0.2) is 25.3 Å². The van der Waals surface area contributed by atoms with Gasteiger partial charge in [0.15, 0.2) is 6.30 Å². The molecule has 0 aromatic carbocycles. The number of carbonyl (C=O) groups excluding carboxylic acids is 2. The number of carbonyl (C=O) groups is 2. The van der Waals surface area contributed by atoms with E-state index in [1.165, 1.54) is 0 Å². The molecule has 0 heterocycles. The van der Waals surface area contributed by atoms with Gasteiger partial charge in [0.25, 0.3) is 0 Å². The predicted octanol–water partition coefficient (Wildman–Crippen LogP) is 0.907. The van der Waals surface area contributed by atoms with E-state index in [2.05, 4.69) is 17.9 Å². The summed E-state index contributed by atoms with van der Waals surface area (Å²) in [5.41, 5.74) is 0. The topological polar surface area (TPSA) is 55.4 Å². The van der Waals surface area contributed by atoms with Gasteiger partial charge in [0, 0.05) is 6.08 Å². The Bertz CT molecular complexity index is 215. The number of rotatable bonds is 3. The molecule has 0 saturated carbocycles. The van der Waals surface area contributed by atoms with Crippen LogP contribution in [-0.4, -0.2) is 18.4 Å². The molecule has 5 heteroatoms. The van der Waals surface area contributed by atoms with Gasteiger partial charge in [-0.15, -0.1) is 0 Å². The first-order valence-electron chi connectivity index (χ1n) is 3.01. The molecular formula is C7H8FNO3. The van der Waals surface area contributed by atoms with Gasteiger partial charge in [-0.2, -0.15) is 0 Å². The number of halogens is 1. The number of esters is 1. The van der Waals surface area contributed by atoms with Gasteiger partial charge in [0.1, 0.15) is 0 Å². The highest BCUT2D eigenvalue weighted by Gasteiger charge is 2.09. The average Bonchev–Trinajstić information content (AvgIpc) is 2.03. The second-order valence-electron chi connectivity index (χ2n) is 1.69. The maximum atomic E-state index is 12.3. The largest absolute Gasteiger partial charge is 0.417 e. The number of ether oxygens (including phenoxy) is 1. The summed E-state index contributed by atoms with van der Waals surface area (Å²) in [6.07, 6.45) is -1.26. The van der Waals surface area contributed by atoms with Crippen molar-refractivity contribution in [1.82, 2.24) is 5.32 Å². The number of amides is 1. The predicted molar refractivity (Wildman–Crippen MR) is 39.9 cm³/mol. The fourth-order valence-corrected chi connectivity index (χ4v) is 0.334. The van der Waals surface area contributed by atoms with Crippen molar-refractivity contribution in [1.29, 1.82) is 0 Å². The van der Waals surface area contributed by atoms with Gasteiger partial charge in [0.2, 0.25) is 0 Å². The number of nitrogens with one attached hydrogen (secondary N) is 1. The lowest BCUT2D eigenvalue weighted by molar-refractivity contribution is -0.131. The van der Waals surface area contributed by atoms with Crippen molar-refractivity contribution >= 4 is 12.1 Å². The monoisotopic (exact) mass is 173 g/mol. The van der Waals surface area contributed by atoms with Gasteiger partial charge < -0.3 is 4.74 Å². The van der Waals surface area contributed by atoms with Crippen molar-refractivity contribution in [2.24, 2.45) is 0 Å². The summed E-state index contributed by atoms with van der Waals surface area (Å²) < 4.78 is 16.2. The molecule has 0 spiro atoms. The van der Waals surface area contributed by atoms with E-state index in [0.717, 1.165) is 12.2 Å². The third-order valence-corrected chi connectivity index (χ3v) is 0.823. The summed E-state index contributed by atoms with van der Waals surface area (Å²) in [6, 6.07) is 0. The maximum Gasteiger partial charge on any atom is 0.417 e. The lowest BCUT2D eigenvalue weighted by Crippen LogP contribution is -2.31. The second-order valence-corrected chi connectivity index (χ2v) is 1.69. The zero-order valence-corrected chi connectivity index (χ0v) is 6.25. The maximum absolute atomic E-state index is 12.3. The van der Waals surface area contributed by atoms with Gasteiger partial charge in [-0.3, -0.25) is 5.32 Å². The molecule has 0 aliphatic rings. The Labute approximate surface area is 68.7 Å². The molecule has 0 aliphatic heterocycles. The lowest BCUT2D eigenvalue weighted by Gasteiger charge is -2.03. The van der Waals surface area contributed by atoms with Crippen LogP contribution in [0.5, 0.6) is 0 Å². The molecule has 0 saturated heterocycles. The van der Waals surface area contributed by atoms with Crippen LogP contribution in [0.25, 0.3) is 0 Å². The molecule has 12 heavy (non-hydrogen) atoms. The Morgan fingerprint density at radius 2 is 2.08 bits per heavy atom. The quantitative estimate of drug-likeness (QED) is 0.227. The van der Waals surface area contributed by atoms with Gasteiger partial charge in [-0.25, -0.2) is 14.0 Å². The Morgan fingerprint density at radius 3 is 2.50 bits per heavy atom. The van der Waals surface area contributed by atoms with Crippen molar-refractivity contribution in [3.8, 4) is 0 Å². The Morgan fingerprint density at radius 1 is 1.50 bits per heavy atom. The van der Waals surface area contributed by atoms with E-state index < -0.39 is 18.4 Å². The fraction of sp³-hybridized carbons (Fsp3) is 0.143. The third kappa shape index (κ3) is 4.21. The van der Waals surface area contributed by atoms with Crippen molar-refractivity contribution < 1.29 is 18.7 Å². The van der Waals surface area contributed by atoms with E-state index >= 15 is 0 Å². The summed E-state index contributed by atoms with van der Waals surface area (Å²) in [5.74, 6) is -0.941. The van der Waals surface area contributed by atoms with Crippen LogP contribution in [-0.2, 0) is 9.53 Å². The highest BCUT2D eigenvalue weighted by Crippen LogP contribution is 1.88. The minimum Gasteiger partial charge on any atom is -0.373 e. The van der Waals surface area contributed by atoms with Gasteiger partial charge in [-0.1, -0.05) is 13.2 Å². The standard InChI is InChI=1S/C7H8FNO3/c1-3-5(8)9-7(11)12-6(10)4-2/h3-5H,1-2H2,(H,9,11). The zero-order chi connectivity index (χ0) is 9.56. The third-order valence-electron chi connectivity index (χ3n) is 0.823. The van der Waals surface area contributed by atoms with E-state index in [-0.39, 0.29) is 0 Å². The number of alkyl carbamates (subject to hydrolysis) is 1. The molecule has 66 valence electrons. The smallest absolute Gasteiger partial charge is 0.373 e. The fourth-order valence-electron chi connectivity index (χ4n) is 0.334. The zero-order valence-electron chi connectivity index (χ0n) is 6.25. The first kappa shape index (κ1) is 10.3. The molecule has 0 aliphatic carbocycles. The number of hydrogen-bond donors (Lipinski definition) is 1. The van der Waals surface area contributed by atoms with Gasteiger partial charge >= 0.3 is 12.1 Å².